The second-order valence-electron chi connectivity index (χ2n) is 3.44. The number of carbonyl (C=O) groups is 1. The Bertz CT molecular complexity index is 253. The Morgan fingerprint density at radius 1 is 1.47 bits per heavy atom. The van der Waals surface area contributed by atoms with Crippen molar-refractivity contribution < 1.29 is 14.3 Å². The van der Waals surface area contributed by atoms with Gasteiger partial charge in [0, 0.05) is 32.9 Å². The van der Waals surface area contributed by atoms with Gasteiger partial charge in [-0.3, -0.25) is 4.79 Å². The molecule has 0 aromatic heterocycles. The highest BCUT2D eigenvalue weighted by Crippen LogP contribution is 2.08. The van der Waals surface area contributed by atoms with Crippen LogP contribution in [-0.4, -0.2) is 46.1 Å². The van der Waals surface area contributed by atoms with Gasteiger partial charge in [-0.2, -0.15) is 0 Å². The van der Waals surface area contributed by atoms with Crippen molar-refractivity contribution in [3.05, 3.63) is 11.1 Å². The largest absolute Gasteiger partial charge is 0.354 e. The molecule has 0 bridgehead atoms. The molecule has 5 nitrogen and oxygen atoms in total. The van der Waals surface area contributed by atoms with Gasteiger partial charge in [0.25, 0.3) is 0 Å². The third-order valence-electron chi connectivity index (χ3n) is 2.50. The predicted molar refractivity (Wildman–Crippen MR) is 56.4 cm³/mol. The van der Waals surface area contributed by atoms with Crippen molar-refractivity contribution >= 4 is 5.91 Å². The molecular weight excluding hydrogens is 196 g/mol. The molecule has 0 spiro atoms. The van der Waals surface area contributed by atoms with Crippen molar-refractivity contribution in [1.82, 2.24) is 10.6 Å². The lowest BCUT2D eigenvalue weighted by Crippen LogP contribution is -2.39. The van der Waals surface area contributed by atoms with Crippen LogP contribution in [0.5, 0.6) is 0 Å². The van der Waals surface area contributed by atoms with Gasteiger partial charge < -0.3 is 20.1 Å². The van der Waals surface area contributed by atoms with Crippen LogP contribution >= 0.6 is 0 Å². The molecule has 0 aromatic rings. The van der Waals surface area contributed by atoms with E-state index in [2.05, 4.69) is 10.6 Å². The molecule has 1 aliphatic rings. The van der Waals surface area contributed by atoms with Gasteiger partial charge in [-0.1, -0.05) is 0 Å². The summed E-state index contributed by atoms with van der Waals surface area (Å²) in [5.74, 6) is -0.0504. The summed E-state index contributed by atoms with van der Waals surface area (Å²) < 4.78 is 9.93. The van der Waals surface area contributed by atoms with Gasteiger partial charge in [0.2, 0.25) is 5.91 Å². The Morgan fingerprint density at radius 2 is 2.07 bits per heavy atom. The second-order valence-corrected chi connectivity index (χ2v) is 3.44. The SMILES string of the molecule is COC(CNC(=O)C(C)=C1CNC1)OC. The molecule has 1 aliphatic heterocycles. The Balaban J connectivity index is 2.35. The number of hydrogen-bond donors (Lipinski definition) is 2. The Hall–Kier alpha value is -0.910. The third kappa shape index (κ3) is 3.30. The molecule has 0 aliphatic carbocycles. The van der Waals surface area contributed by atoms with Gasteiger partial charge in [-0.25, -0.2) is 0 Å². The van der Waals surface area contributed by atoms with E-state index in [0.717, 1.165) is 18.7 Å². The summed E-state index contributed by atoms with van der Waals surface area (Å²) in [6.07, 6.45) is -0.383. The van der Waals surface area contributed by atoms with E-state index < -0.39 is 0 Å². The van der Waals surface area contributed by atoms with Gasteiger partial charge in [0.1, 0.15) is 0 Å². The summed E-state index contributed by atoms with van der Waals surface area (Å²) in [6.45, 7) is 3.83. The van der Waals surface area contributed by atoms with E-state index in [0.29, 0.717) is 6.54 Å². The highest BCUT2D eigenvalue weighted by atomic mass is 16.7. The molecule has 1 rings (SSSR count). The van der Waals surface area contributed by atoms with E-state index in [9.17, 15) is 4.79 Å². The molecule has 0 atom stereocenters. The van der Waals surface area contributed by atoms with E-state index in [-0.39, 0.29) is 12.2 Å². The number of ether oxygens (including phenoxy) is 2. The molecule has 0 unspecified atom stereocenters. The average molecular weight is 214 g/mol. The van der Waals surface area contributed by atoms with Gasteiger partial charge >= 0.3 is 0 Å². The molecular formula is C10H18N2O3. The fourth-order valence-corrected chi connectivity index (χ4v) is 1.25. The lowest BCUT2D eigenvalue weighted by atomic mass is 10.0. The summed E-state index contributed by atoms with van der Waals surface area (Å²) in [6, 6.07) is 0. The maximum atomic E-state index is 11.6. The first-order valence-electron chi connectivity index (χ1n) is 4.92. The maximum Gasteiger partial charge on any atom is 0.247 e. The molecule has 1 saturated heterocycles. The van der Waals surface area contributed by atoms with E-state index in [1.807, 2.05) is 6.92 Å². The maximum absolute atomic E-state index is 11.6. The lowest BCUT2D eigenvalue weighted by molar-refractivity contribution is -0.124. The Morgan fingerprint density at radius 3 is 2.47 bits per heavy atom. The molecule has 2 N–H and O–H groups in total. The van der Waals surface area contributed by atoms with E-state index in [1.54, 1.807) is 14.2 Å². The van der Waals surface area contributed by atoms with Crippen molar-refractivity contribution in [2.24, 2.45) is 0 Å². The molecule has 1 heterocycles. The van der Waals surface area contributed by atoms with Crippen LogP contribution in [0, 0.1) is 0 Å². The lowest BCUT2D eigenvalue weighted by Gasteiger charge is -2.22. The Kier molecular flexibility index (Phi) is 4.74. The fourth-order valence-electron chi connectivity index (χ4n) is 1.25. The van der Waals surface area contributed by atoms with Gasteiger partial charge in [0.05, 0.1) is 6.54 Å². The number of rotatable bonds is 5. The Labute approximate surface area is 89.8 Å². The highest BCUT2D eigenvalue weighted by Gasteiger charge is 2.16. The normalized spacial score (nSPS) is 15.1. The summed E-state index contributed by atoms with van der Waals surface area (Å²) >= 11 is 0. The van der Waals surface area contributed by atoms with Crippen LogP contribution in [0.15, 0.2) is 11.1 Å². The van der Waals surface area contributed by atoms with Crippen molar-refractivity contribution in [3.8, 4) is 0 Å². The van der Waals surface area contributed by atoms with E-state index >= 15 is 0 Å². The van der Waals surface area contributed by atoms with Crippen LogP contribution in [0.4, 0.5) is 0 Å². The number of methoxy groups -OCH3 is 2. The van der Waals surface area contributed by atoms with Crippen molar-refractivity contribution in [2.75, 3.05) is 33.9 Å². The van der Waals surface area contributed by atoms with Crippen molar-refractivity contribution in [2.45, 2.75) is 13.2 Å². The minimum Gasteiger partial charge on any atom is -0.354 e. The van der Waals surface area contributed by atoms with Crippen LogP contribution in [-0.2, 0) is 14.3 Å². The average Bonchev–Trinajstić information content (AvgIpc) is 2.16. The molecule has 1 fully saturated rings. The topological polar surface area (TPSA) is 59.6 Å². The summed E-state index contributed by atoms with van der Waals surface area (Å²) in [4.78, 5) is 11.6. The van der Waals surface area contributed by atoms with Crippen molar-refractivity contribution in [1.29, 1.82) is 0 Å². The third-order valence-corrected chi connectivity index (χ3v) is 2.50. The first kappa shape index (κ1) is 12.2. The zero-order valence-electron chi connectivity index (χ0n) is 9.42. The summed E-state index contributed by atoms with van der Waals surface area (Å²) in [5, 5.41) is 5.86. The molecule has 5 heteroatoms. The van der Waals surface area contributed by atoms with Crippen LogP contribution in [0.25, 0.3) is 0 Å². The van der Waals surface area contributed by atoms with Crippen molar-refractivity contribution in [3.63, 3.8) is 0 Å². The molecule has 15 heavy (non-hydrogen) atoms. The quantitative estimate of drug-likeness (QED) is 0.485. The number of nitrogens with one attached hydrogen (secondary N) is 2. The number of hydrogen-bond acceptors (Lipinski definition) is 4. The first-order valence-corrected chi connectivity index (χ1v) is 4.92. The van der Waals surface area contributed by atoms with Crippen LogP contribution < -0.4 is 10.6 Å². The smallest absolute Gasteiger partial charge is 0.247 e. The second kappa shape index (κ2) is 5.85. The molecule has 0 radical (unpaired) electrons. The van der Waals surface area contributed by atoms with Crippen LogP contribution in [0.1, 0.15) is 6.92 Å². The molecule has 0 saturated carbocycles. The van der Waals surface area contributed by atoms with Crippen LogP contribution in [0.2, 0.25) is 0 Å². The van der Waals surface area contributed by atoms with Crippen LogP contribution in [0.3, 0.4) is 0 Å². The minimum absolute atomic E-state index is 0.0504. The number of carbonyl (C=O) groups excluding carboxylic acids is 1. The highest BCUT2D eigenvalue weighted by molar-refractivity contribution is 5.93. The predicted octanol–water partition coefficient (Wildman–Crippen LogP) is -0.359. The van der Waals surface area contributed by atoms with Gasteiger partial charge in [0.15, 0.2) is 6.29 Å². The van der Waals surface area contributed by atoms with E-state index in [4.69, 9.17) is 9.47 Å². The minimum atomic E-state index is -0.383. The zero-order valence-corrected chi connectivity index (χ0v) is 9.42. The van der Waals surface area contributed by atoms with Gasteiger partial charge in [-0.05, 0) is 12.5 Å². The van der Waals surface area contributed by atoms with E-state index in [1.165, 1.54) is 5.57 Å². The number of amides is 1. The molecule has 0 aromatic carbocycles. The zero-order chi connectivity index (χ0) is 11.3. The standard InChI is InChI=1S/C10H18N2O3/c1-7(8-4-11-5-8)10(13)12-6-9(14-2)15-3/h9,11H,4-6H2,1-3H3,(H,12,13). The molecule has 86 valence electrons. The summed E-state index contributed by atoms with van der Waals surface area (Å²) in [7, 11) is 3.09. The first-order chi connectivity index (χ1) is 7.19. The molecule has 1 amide bonds. The van der Waals surface area contributed by atoms with Gasteiger partial charge in [-0.15, -0.1) is 0 Å². The monoisotopic (exact) mass is 214 g/mol. The fraction of sp³-hybridized carbons (Fsp3) is 0.700. The summed E-state index contributed by atoms with van der Waals surface area (Å²) in [5.41, 5.74) is 1.96.